The van der Waals surface area contributed by atoms with E-state index < -0.39 is 0 Å². The Kier molecular flexibility index (Phi) is 2.03. The van der Waals surface area contributed by atoms with Crippen molar-refractivity contribution in [1.29, 1.82) is 0 Å². The fourth-order valence-corrected chi connectivity index (χ4v) is 2.24. The van der Waals surface area contributed by atoms with Crippen LogP contribution in [0.1, 0.15) is 18.4 Å². The van der Waals surface area contributed by atoms with Crippen molar-refractivity contribution in [2.24, 2.45) is 11.7 Å². The number of hydrogen-bond donors (Lipinski definition) is 1. The highest BCUT2D eigenvalue weighted by atomic mass is 15.0. The Morgan fingerprint density at radius 2 is 2.13 bits per heavy atom. The molecule has 0 atom stereocenters. The smallest absolute Gasteiger partial charge is 0.0525 e. The number of benzene rings is 1. The normalized spacial score (nSPS) is 16.1. The molecule has 0 saturated heterocycles. The van der Waals surface area contributed by atoms with E-state index in [4.69, 9.17) is 5.73 Å². The van der Waals surface area contributed by atoms with Gasteiger partial charge in [0.05, 0.1) is 5.52 Å². The molecule has 0 bridgehead atoms. The van der Waals surface area contributed by atoms with E-state index in [9.17, 15) is 0 Å². The molecule has 2 N–H and O–H groups in total. The van der Waals surface area contributed by atoms with E-state index in [0.717, 1.165) is 5.92 Å². The molecule has 78 valence electrons. The Hall–Kier alpha value is -1.28. The number of fused-ring (bicyclic) bond motifs is 1. The van der Waals surface area contributed by atoms with Gasteiger partial charge in [0.1, 0.15) is 0 Å². The summed E-state index contributed by atoms with van der Waals surface area (Å²) in [6, 6.07) is 8.58. The van der Waals surface area contributed by atoms with Crippen LogP contribution in [0.25, 0.3) is 10.9 Å². The number of nitrogens with two attached hydrogens (primary N) is 1. The van der Waals surface area contributed by atoms with Gasteiger partial charge >= 0.3 is 0 Å². The van der Waals surface area contributed by atoms with Crippen molar-refractivity contribution < 1.29 is 0 Å². The van der Waals surface area contributed by atoms with Crippen LogP contribution in [0.5, 0.6) is 0 Å². The van der Waals surface area contributed by atoms with Crippen LogP contribution in [0.4, 0.5) is 0 Å². The van der Waals surface area contributed by atoms with Gasteiger partial charge in [-0.25, -0.2) is 0 Å². The lowest BCUT2D eigenvalue weighted by Crippen LogP contribution is -2.03. The first kappa shape index (κ1) is 8.98. The monoisotopic (exact) mass is 200 g/mol. The number of nitrogens with zero attached hydrogens (tertiary/aromatic N) is 1. The highest BCUT2D eigenvalue weighted by Crippen LogP contribution is 2.32. The van der Waals surface area contributed by atoms with E-state index >= 15 is 0 Å². The maximum Gasteiger partial charge on any atom is 0.0525 e. The molecule has 0 aliphatic heterocycles. The summed E-state index contributed by atoms with van der Waals surface area (Å²) < 4.78 is 2.37. The van der Waals surface area contributed by atoms with Gasteiger partial charge in [0, 0.05) is 19.3 Å². The van der Waals surface area contributed by atoms with Crippen LogP contribution < -0.4 is 5.73 Å². The summed E-state index contributed by atoms with van der Waals surface area (Å²) >= 11 is 0. The molecule has 1 fully saturated rings. The van der Waals surface area contributed by atoms with Gasteiger partial charge < -0.3 is 10.3 Å². The topological polar surface area (TPSA) is 30.9 Å². The molecule has 2 heteroatoms. The molecule has 1 aliphatic carbocycles. The fraction of sp³-hybridized carbons (Fsp3) is 0.385. The minimum atomic E-state index is 0.631. The van der Waals surface area contributed by atoms with Crippen molar-refractivity contribution in [3.8, 4) is 0 Å². The Balaban J connectivity index is 2.11. The summed E-state index contributed by atoms with van der Waals surface area (Å²) in [5.41, 5.74) is 8.38. The van der Waals surface area contributed by atoms with Gasteiger partial charge in [0.15, 0.2) is 0 Å². The second kappa shape index (κ2) is 3.38. The van der Waals surface area contributed by atoms with Gasteiger partial charge in [-0.05, 0) is 35.8 Å². The molecule has 3 rings (SSSR count). The van der Waals surface area contributed by atoms with Crippen LogP contribution in [-0.4, -0.2) is 4.57 Å². The summed E-state index contributed by atoms with van der Waals surface area (Å²) in [5, 5.41) is 1.32. The fourth-order valence-electron chi connectivity index (χ4n) is 2.24. The van der Waals surface area contributed by atoms with Gasteiger partial charge in [-0.3, -0.25) is 0 Å². The van der Waals surface area contributed by atoms with Crippen LogP contribution in [0.2, 0.25) is 0 Å². The van der Waals surface area contributed by atoms with Crippen molar-refractivity contribution in [1.82, 2.24) is 4.57 Å². The lowest BCUT2D eigenvalue weighted by atomic mass is 10.1. The Morgan fingerprint density at radius 1 is 1.27 bits per heavy atom. The molecule has 1 aromatic heterocycles. The van der Waals surface area contributed by atoms with Crippen LogP contribution in [0, 0.1) is 5.92 Å². The minimum Gasteiger partial charge on any atom is -0.347 e. The van der Waals surface area contributed by atoms with Gasteiger partial charge in [0.2, 0.25) is 0 Å². The molecule has 2 nitrogen and oxygen atoms in total. The molecule has 0 radical (unpaired) electrons. The van der Waals surface area contributed by atoms with Gasteiger partial charge in [-0.15, -0.1) is 0 Å². The number of aromatic nitrogens is 1. The second-order valence-electron chi connectivity index (χ2n) is 4.47. The zero-order valence-corrected chi connectivity index (χ0v) is 8.82. The summed E-state index contributed by atoms with van der Waals surface area (Å²) in [6.45, 7) is 1.80. The minimum absolute atomic E-state index is 0.631. The molecule has 0 spiro atoms. The van der Waals surface area contributed by atoms with E-state index in [1.165, 1.54) is 35.9 Å². The zero-order valence-electron chi connectivity index (χ0n) is 8.82. The Labute approximate surface area is 89.7 Å². The SMILES string of the molecule is NCc1cccc2ccn(CC3CC3)c12. The predicted molar refractivity (Wildman–Crippen MR) is 62.6 cm³/mol. The van der Waals surface area contributed by atoms with E-state index in [1.807, 2.05) is 0 Å². The maximum absolute atomic E-state index is 5.78. The maximum atomic E-state index is 5.78. The number of hydrogen-bond acceptors (Lipinski definition) is 1. The zero-order chi connectivity index (χ0) is 10.3. The summed E-state index contributed by atoms with van der Waals surface area (Å²) in [4.78, 5) is 0. The Bertz CT molecular complexity index is 480. The van der Waals surface area contributed by atoms with Gasteiger partial charge in [-0.1, -0.05) is 18.2 Å². The molecular weight excluding hydrogens is 184 g/mol. The standard InChI is InChI=1S/C13H16N2/c14-8-12-3-1-2-11-6-7-15(13(11)12)9-10-4-5-10/h1-3,6-7,10H,4-5,8-9,14H2. The molecule has 1 aromatic carbocycles. The summed E-state index contributed by atoms with van der Waals surface area (Å²) in [6.07, 6.45) is 4.98. The number of para-hydroxylation sites is 1. The first-order valence-electron chi connectivity index (χ1n) is 5.65. The molecule has 0 amide bonds. The summed E-state index contributed by atoms with van der Waals surface area (Å²) in [7, 11) is 0. The van der Waals surface area contributed by atoms with Crippen LogP contribution in [0.3, 0.4) is 0 Å². The van der Waals surface area contributed by atoms with Crippen molar-refractivity contribution >= 4 is 10.9 Å². The van der Waals surface area contributed by atoms with Crippen molar-refractivity contribution in [2.75, 3.05) is 0 Å². The average Bonchev–Trinajstić information content (AvgIpc) is 2.98. The quantitative estimate of drug-likeness (QED) is 0.811. The molecule has 1 aliphatic rings. The molecule has 2 aromatic rings. The van der Waals surface area contributed by atoms with Crippen molar-refractivity contribution in [2.45, 2.75) is 25.9 Å². The molecule has 0 unspecified atom stereocenters. The first-order valence-corrected chi connectivity index (χ1v) is 5.65. The highest BCUT2D eigenvalue weighted by molar-refractivity contribution is 5.83. The van der Waals surface area contributed by atoms with Crippen LogP contribution in [0.15, 0.2) is 30.5 Å². The molecular formula is C13H16N2. The molecule has 1 saturated carbocycles. The van der Waals surface area contributed by atoms with Crippen molar-refractivity contribution in [3.63, 3.8) is 0 Å². The van der Waals surface area contributed by atoms with Crippen molar-refractivity contribution in [3.05, 3.63) is 36.0 Å². The van der Waals surface area contributed by atoms with Gasteiger partial charge in [-0.2, -0.15) is 0 Å². The van der Waals surface area contributed by atoms with E-state index in [0.29, 0.717) is 6.54 Å². The lowest BCUT2D eigenvalue weighted by molar-refractivity contribution is 0.645. The third-order valence-corrected chi connectivity index (χ3v) is 3.24. The average molecular weight is 200 g/mol. The Morgan fingerprint density at radius 3 is 2.87 bits per heavy atom. The van der Waals surface area contributed by atoms with E-state index in [-0.39, 0.29) is 0 Å². The predicted octanol–water partition coefficient (Wildman–Crippen LogP) is 2.51. The third kappa shape index (κ3) is 1.55. The largest absolute Gasteiger partial charge is 0.347 e. The molecule has 15 heavy (non-hydrogen) atoms. The second-order valence-corrected chi connectivity index (χ2v) is 4.47. The van der Waals surface area contributed by atoms with E-state index in [1.54, 1.807) is 0 Å². The number of rotatable bonds is 3. The van der Waals surface area contributed by atoms with Crippen LogP contribution in [-0.2, 0) is 13.1 Å². The third-order valence-electron chi connectivity index (χ3n) is 3.24. The summed E-state index contributed by atoms with van der Waals surface area (Å²) in [5.74, 6) is 0.909. The lowest BCUT2D eigenvalue weighted by Gasteiger charge is -2.07. The van der Waals surface area contributed by atoms with Crippen LogP contribution >= 0.6 is 0 Å². The van der Waals surface area contributed by atoms with E-state index in [2.05, 4.69) is 35.0 Å². The first-order chi connectivity index (χ1) is 7.38. The van der Waals surface area contributed by atoms with Gasteiger partial charge in [0.25, 0.3) is 0 Å². The molecule has 1 heterocycles. The highest BCUT2D eigenvalue weighted by Gasteiger charge is 2.22.